The van der Waals surface area contributed by atoms with Crippen LogP contribution in [0.25, 0.3) is 0 Å². The molecule has 0 rings (SSSR count). The summed E-state index contributed by atoms with van der Waals surface area (Å²) in [4.78, 5) is 22.1. The monoisotopic (exact) mass is 238 g/mol. The van der Waals surface area contributed by atoms with Gasteiger partial charge in [0.2, 0.25) is 0 Å². The van der Waals surface area contributed by atoms with Crippen molar-refractivity contribution in [2.45, 2.75) is 13.0 Å². The van der Waals surface area contributed by atoms with Crippen LogP contribution in [0.1, 0.15) is 6.92 Å². The molecule has 0 radical (unpaired) electrons. The van der Waals surface area contributed by atoms with Crippen LogP contribution in [0.3, 0.4) is 0 Å². The number of likely N-dealkylation sites (N-methyl/N-ethyl adjacent to an activating group) is 1. The Bertz CT molecular complexity index is 346. The molecule has 0 saturated carbocycles. The molecule has 0 bridgehead atoms. The minimum atomic E-state index is -1.01. The van der Waals surface area contributed by atoms with Crippen molar-refractivity contribution in [1.82, 2.24) is 10.6 Å². The third-order valence-corrected chi connectivity index (χ3v) is 2.01. The molecule has 0 saturated heterocycles. The Morgan fingerprint density at radius 3 is 2.53 bits per heavy atom. The maximum atomic E-state index is 11.5. The molecule has 0 aliphatic heterocycles. The smallest absolute Gasteiger partial charge is 0.322 e. The van der Waals surface area contributed by atoms with Gasteiger partial charge >= 0.3 is 5.97 Å². The maximum Gasteiger partial charge on any atom is 0.322 e. The van der Waals surface area contributed by atoms with Gasteiger partial charge in [-0.1, -0.05) is 30.9 Å². The number of allylic oxidation sites excluding steroid dienone is 3. The SMILES string of the molecule is C=C(/C=C\C=C\C)C(=O)NC[C@@H](NC)C(=O)O. The molecule has 5 heteroatoms. The molecule has 0 spiro atoms. The number of hydrogen-bond acceptors (Lipinski definition) is 3. The van der Waals surface area contributed by atoms with Gasteiger partial charge in [-0.25, -0.2) is 0 Å². The largest absolute Gasteiger partial charge is 0.480 e. The third kappa shape index (κ3) is 6.32. The van der Waals surface area contributed by atoms with Crippen molar-refractivity contribution in [2.24, 2.45) is 0 Å². The fourth-order valence-corrected chi connectivity index (χ4v) is 0.980. The number of carboxylic acids is 1. The molecule has 0 aliphatic carbocycles. The molecular weight excluding hydrogens is 220 g/mol. The van der Waals surface area contributed by atoms with E-state index in [1.54, 1.807) is 18.2 Å². The summed E-state index contributed by atoms with van der Waals surface area (Å²) in [5.74, 6) is -1.39. The molecule has 0 aromatic carbocycles. The van der Waals surface area contributed by atoms with Crippen LogP contribution < -0.4 is 10.6 Å². The molecule has 0 fully saturated rings. The molecule has 1 amide bonds. The summed E-state index contributed by atoms with van der Waals surface area (Å²) in [6, 6.07) is -0.800. The van der Waals surface area contributed by atoms with Crippen LogP contribution in [-0.4, -0.2) is 36.6 Å². The van der Waals surface area contributed by atoms with Crippen molar-refractivity contribution in [1.29, 1.82) is 0 Å². The lowest BCUT2D eigenvalue weighted by Crippen LogP contribution is -2.44. The lowest BCUT2D eigenvalue weighted by atomic mass is 10.2. The van der Waals surface area contributed by atoms with Crippen molar-refractivity contribution < 1.29 is 14.7 Å². The van der Waals surface area contributed by atoms with E-state index in [2.05, 4.69) is 17.2 Å². The van der Waals surface area contributed by atoms with Gasteiger partial charge in [-0.2, -0.15) is 0 Å². The average Bonchev–Trinajstić information content (AvgIpc) is 2.29. The molecule has 0 aliphatic rings. The zero-order valence-electron chi connectivity index (χ0n) is 10.1. The number of carboxylic acid groups (broad SMARTS) is 1. The van der Waals surface area contributed by atoms with E-state index < -0.39 is 12.0 Å². The zero-order valence-corrected chi connectivity index (χ0v) is 10.1. The maximum absolute atomic E-state index is 11.5. The normalized spacial score (nSPS) is 12.8. The van der Waals surface area contributed by atoms with E-state index in [1.165, 1.54) is 7.05 Å². The van der Waals surface area contributed by atoms with Crippen LogP contribution in [0.4, 0.5) is 0 Å². The number of carbonyl (C=O) groups excluding carboxylic acids is 1. The van der Waals surface area contributed by atoms with E-state index in [0.717, 1.165) is 0 Å². The highest BCUT2D eigenvalue weighted by Gasteiger charge is 2.15. The van der Waals surface area contributed by atoms with Gasteiger partial charge in [-0.05, 0) is 14.0 Å². The molecule has 0 unspecified atom stereocenters. The molecule has 0 aromatic rings. The number of carbonyl (C=O) groups is 2. The number of rotatable bonds is 7. The van der Waals surface area contributed by atoms with E-state index in [9.17, 15) is 9.59 Å². The van der Waals surface area contributed by atoms with Gasteiger partial charge in [0.15, 0.2) is 0 Å². The molecule has 94 valence electrons. The second-order valence-electron chi connectivity index (χ2n) is 3.30. The molecule has 0 aromatic heterocycles. The highest BCUT2D eigenvalue weighted by Crippen LogP contribution is 1.94. The minimum absolute atomic E-state index is 0.0150. The highest BCUT2D eigenvalue weighted by atomic mass is 16.4. The number of nitrogens with one attached hydrogen (secondary N) is 2. The summed E-state index contributed by atoms with van der Waals surface area (Å²) < 4.78 is 0. The summed E-state index contributed by atoms with van der Waals surface area (Å²) in [5, 5.41) is 13.8. The van der Waals surface area contributed by atoms with Crippen molar-refractivity contribution in [3.05, 3.63) is 36.5 Å². The Labute approximate surface area is 101 Å². The van der Waals surface area contributed by atoms with E-state index in [0.29, 0.717) is 0 Å². The molecule has 3 N–H and O–H groups in total. The molecule has 1 atom stereocenters. The molecule has 0 heterocycles. The second-order valence-corrected chi connectivity index (χ2v) is 3.30. The molecule has 17 heavy (non-hydrogen) atoms. The van der Waals surface area contributed by atoms with Crippen LogP contribution in [0.15, 0.2) is 36.5 Å². The van der Waals surface area contributed by atoms with Crippen molar-refractivity contribution in [3.63, 3.8) is 0 Å². The first-order valence-electron chi connectivity index (χ1n) is 5.19. The standard InChI is InChI=1S/C12H18N2O3/c1-4-5-6-7-9(2)11(15)14-8-10(13-3)12(16)17/h4-7,10,13H,2,8H2,1,3H3,(H,14,15)(H,16,17)/b5-4+,7-6-/t10-/m1/s1. The van der Waals surface area contributed by atoms with Crippen molar-refractivity contribution in [3.8, 4) is 0 Å². The lowest BCUT2D eigenvalue weighted by molar-refractivity contribution is -0.139. The Morgan fingerprint density at radius 2 is 2.06 bits per heavy atom. The minimum Gasteiger partial charge on any atom is -0.480 e. The van der Waals surface area contributed by atoms with Gasteiger partial charge in [-0.3, -0.25) is 9.59 Å². The second kappa shape index (κ2) is 8.29. The Morgan fingerprint density at radius 1 is 1.41 bits per heavy atom. The fraction of sp³-hybridized carbons (Fsp3) is 0.333. The van der Waals surface area contributed by atoms with Gasteiger partial charge < -0.3 is 15.7 Å². The third-order valence-electron chi connectivity index (χ3n) is 2.01. The lowest BCUT2D eigenvalue weighted by Gasteiger charge is -2.11. The van der Waals surface area contributed by atoms with Crippen LogP contribution in [0.2, 0.25) is 0 Å². The first-order valence-corrected chi connectivity index (χ1v) is 5.19. The Kier molecular flexibility index (Phi) is 7.38. The number of hydrogen-bond donors (Lipinski definition) is 3. The predicted octanol–water partition coefficient (Wildman–Crippen LogP) is 0.464. The topological polar surface area (TPSA) is 78.4 Å². The Hall–Kier alpha value is -1.88. The average molecular weight is 238 g/mol. The number of amides is 1. The zero-order chi connectivity index (χ0) is 13.3. The van der Waals surface area contributed by atoms with Crippen molar-refractivity contribution >= 4 is 11.9 Å². The first kappa shape index (κ1) is 15.1. The van der Waals surface area contributed by atoms with Gasteiger partial charge in [0.05, 0.1) is 0 Å². The van der Waals surface area contributed by atoms with E-state index >= 15 is 0 Å². The predicted molar refractivity (Wildman–Crippen MR) is 66.6 cm³/mol. The summed E-state index contributed by atoms with van der Waals surface area (Å²) in [6.07, 6.45) is 6.84. The quantitative estimate of drug-likeness (QED) is 0.445. The summed E-state index contributed by atoms with van der Waals surface area (Å²) in [7, 11) is 1.52. The first-order chi connectivity index (χ1) is 8.02. The van der Waals surface area contributed by atoms with Gasteiger partial charge in [0, 0.05) is 12.1 Å². The molecule has 5 nitrogen and oxygen atoms in total. The van der Waals surface area contributed by atoms with Gasteiger partial charge in [0.25, 0.3) is 5.91 Å². The summed E-state index contributed by atoms with van der Waals surface area (Å²) in [6.45, 7) is 5.45. The van der Waals surface area contributed by atoms with Gasteiger partial charge in [0.1, 0.15) is 6.04 Å². The number of aliphatic carboxylic acids is 1. The van der Waals surface area contributed by atoms with Crippen molar-refractivity contribution in [2.75, 3.05) is 13.6 Å². The summed E-state index contributed by atoms with van der Waals surface area (Å²) in [5.41, 5.74) is 0.281. The Balaban J connectivity index is 4.17. The van der Waals surface area contributed by atoms with E-state index in [-0.39, 0.29) is 18.0 Å². The van der Waals surface area contributed by atoms with Gasteiger partial charge in [-0.15, -0.1) is 0 Å². The summed E-state index contributed by atoms with van der Waals surface area (Å²) >= 11 is 0. The van der Waals surface area contributed by atoms with Crippen LogP contribution in [-0.2, 0) is 9.59 Å². The van der Waals surface area contributed by atoms with E-state index in [1.807, 2.05) is 13.0 Å². The highest BCUT2D eigenvalue weighted by molar-refractivity contribution is 5.95. The molecular formula is C12H18N2O3. The fourth-order valence-electron chi connectivity index (χ4n) is 0.980. The van der Waals surface area contributed by atoms with E-state index in [4.69, 9.17) is 5.11 Å². The van der Waals surface area contributed by atoms with Crippen LogP contribution in [0.5, 0.6) is 0 Å². The van der Waals surface area contributed by atoms with Crippen LogP contribution >= 0.6 is 0 Å². The van der Waals surface area contributed by atoms with Crippen LogP contribution in [0, 0.1) is 0 Å².